The second-order valence-corrected chi connectivity index (χ2v) is 5.04. The SMILES string of the molecule is CC(C)Oc1ccc2c(c1)C(N)CCC2C. The van der Waals surface area contributed by atoms with Crippen molar-refractivity contribution >= 4 is 0 Å². The minimum atomic E-state index is 0.182. The van der Waals surface area contributed by atoms with Crippen LogP contribution in [0.2, 0.25) is 0 Å². The summed E-state index contributed by atoms with van der Waals surface area (Å²) >= 11 is 0. The lowest BCUT2D eigenvalue weighted by Gasteiger charge is -2.28. The van der Waals surface area contributed by atoms with Crippen molar-refractivity contribution in [3.8, 4) is 5.75 Å². The molecule has 1 aliphatic carbocycles. The van der Waals surface area contributed by atoms with E-state index in [0.29, 0.717) is 5.92 Å². The predicted octanol–water partition coefficient (Wildman–Crippen LogP) is 3.37. The Labute approximate surface area is 97.8 Å². The lowest BCUT2D eigenvalue weighted by atomic mass is 9.81. The summed E-state index contributed by atoms with van der Waals surface area (Å²) in [6.45, 7) is 6.36. The van der Waals surface area contributed by atoms with Gasteiger partial charge in [-0.25, -0.2) is 0 Å². The fourth-order valence-corrected chi connectivity index (χ4v) is 2.41. The maximum absolute atomic E-state index is 6.15. The smallest absolute Gasteiger partial charge is 0.120 e. The Morgan fingerprint density at radius 3 is 2.69 bits per heavy atom. The van der Waals surface area contributed by atoms with Gasteiger partial charge >= 0.3 is 0 Å². The molecule has 2 N–H and O–H groups in total. The molecule has 16 heavy (non-hydrogen) atoms. The highest BCUT2D eigenvalue weighted by atomic mass is 16.5. The van der Waals surface area contributed by atoms with Crippen molar-refractivity contribution in [2.45, 2.75) is 51.7 Å². The van der Waals surface area contributed by atoms with Gasteiger partial charge in [0.05, 0.1) is 6.10 Å². The van der Waals surface area contributed by atoms with Gasteiger partial charge in [-0.05, 0) is 55.9 Å². The molecule has 0 radical (unpaired) electrons. The van der Waals surface area contributed by atoms with Crippen molar-refractivity contribution in [2.24, 2.45) is 5.73 Å². The highest BCUT2D eigenvalue weighted by Gasteiger charge is 2.22. The summed E-state index contributed by atoms with van der Waals surface area (Å²) in [5, 5.41) is 0. The molecule has 0 bridgehead atoms. The van der Waals surface area contributed by atoms with Crippen molar-refractivity contribution in [3.63, 3.8) is 0 Å². The third-order valence-corrected chi connectivity index (χ3v) is 3.27. The Bertz CT molecular complexity index is 373. The number of fused-ring (bicyclic) bond motifs is 1. The molecule has 2 atom stereocenters. The van der Waals surface area contributed by atoms with Crippen molar-refractivity contribution in [3.05, 3.63) is 29.3 Å². The van der Waals surface area contributed by atoms with Gasteiger partial charge in [-0.3, -0.25) is 0 Å². The molecule has 0 aliphatic heterocycles. The van der Waals surface area contributed by atoms with Gasteiger partial charge in [-0.2, -0.15) is 0 Å². The maximum atomic E-state index is 6.15. The molecule has 2 unspecified atom stereocenters. The first kappa shape index (κ1) is 11.5. The summed E-state index contributed by atoms with van der Waals surface area (Å²) in [4.78, 5) is 0. The van der Waals surface area contributed by atoms with E-state index < -0.39 is 0 Å². The molecule has 1 aromatic rings. The van der Waals surface area contributed by atoms with Crippen molar-refractivity contribution in [2.75, 3.05) is 0 Å². The molecule has 0 spiro atoms. The standard InChI is InChI=1S/C14H21NO/c1-9(2)16-11-5-6-12-10(3)4-7-14(15)13(12)8-11/h5-6,8-10,14H,4,7,15H2,1-3H3. The van der Waals surface area contributed by atoms with Gasteiger partial charge < -0.3 is 10.5 Å². The molecule has 0 saturated heterocycles. The Morgan fingerprint density at radius 2 is 2.00 bits per heavy atom. The van der Waals surface area contributed by atoms with E-state index in [0.717, 1.165) is 12.2 Å². The fraction of sp³-hybridized carbons (Fsp3) is 0.571. The lowest BCUT2D eigenvalue weighted by Crippen LogP contribution is -2.19. The first-order valence-corrected chi connectivity index (χ1v) is 6.14. The molecule has 2 rings (SSSR count). The van der Waals surface area contributed by atoms with E-state index >= 15 is 0 Å². The van der Waals surface area contributed by atoms with Crippen molar-refractivity contribution < 1.29 is 4.74 Å². The summed E-state index contributed by atoms with van der Waals surface area (Å²) in [5.41, 5.74) is 8.83. The normalized spacial score (nSPS) is 24.3. The molecule has 0 heterocycles. The molecule has 0 fully saturated rings. The molecule has 2 nitrogen and oxygen atoms in total. The zero-order valence-corrected chi connectivity index (χ0v) is 10.4. The topological polar surface area (TPSA) is 35.2 Å². The highest BCUT2D eigenvalue weighted by molar-refractivity contribution is 5.41. The highest BCUT2D eigenvalue weighted by Crippen LogP contribution is 2.37. The van der Waals surface area contributed by atoms with Crippen LogP contribution in [0, 0.1) is 0 Å². The largest absolute Gasteiger partial charge is 0.491 e. The Kier molecular flexibility index (Phi) is 3.20. The minimum Gasteiger partial charge on any atom is -0.491 e. The second kappa shape index (κ2) is 4.46. The molecule has 88 valence electrons. The van der Waals surface area contributed by atoms with Gasteiger partial charge in [0, 0.05) is 6.04 Å². The molecule has 0 saturated carbocycles. The number of ether oxygens (including phenoxy) is 1. The number of hydrogen-bond donors (Lipinski definition) is 1. The summed E-state index contributed by atoms with van der Waals surface area (Å²) < 4.78 is 5.71. The van der Waals surface area contributed by atoms with E-state index in [2.05, 4.69) is 25.1 Å². The van der Waals surface area contributed by atoms with E-state index in [1.807, 2.05) is 13.8 Å². The van der Waals surface area contributed by atoms with Gasteiger partial charge in [0.15, 0.2) is 0 Å². The van der Waals surface area contributed by atoms with E-state index in [9.17, 15) is 0 Å². The minimum absolute atomic E-state index is 0.182. The van der Waals surface area contributed by atoms with E-state index in [-0.39, 0.29) is 12.1 Å². The monoisotopic (exact) mass is 219 g/mol. The second-order valence-electron chi connectivity index (χ2n) is 5.04. The molecular formula is C14H21NO. The first-order valence-electron chi connectivity index (χ1n) is 6.14. The van der Waals surface area contributed by atoms with Crippen molar-refractivity contribution in [1.82, 2.24) is 0 Å². The summed E-state index contributed by atoms with van der Waals surface area (Å²) in [6, 6.07) is 6.54. The number of rotatable bonds is 2. The molecule has 1 aliphatic rings. The number of nitrogens with two attached hydrogens (primary N) is 1. The van der Waals surface area contributed by atoms with Gasteiger partial charge in [0.1, 0.15) is 5.75 Å². The van der Waals surface area contributed by atoms with E-state index in [4.69, 9.17) is 10.5 Å². The third-order valence-electron chi connectivity index (χ3n) is 3.27. The molecule has 0 amide bonds. The Morgan fingerprint density at radius 1 is 1.25 bits per heavy atom. The summed E-state index contributed by atoms with van der Waals surface area (Å²) in [7, 11) is 0. The fourth-order valence-electron chi connectivity index (χ4n) is 2.41. The molecule has 0 aromatic heterocycles. The number of hydrogen-bond acceptors (Lipinski definition) is 2. The van der Waals surface area contributed by atoms with E-state index in [1.54, 1.807) is 0 Å². The first-order chi connectivity index (χ1) is 7.58. The van der Waals surface area contributed by atoms with Crippen LogP contribution in [0.4, 0.5) is 0 Å². The van der Waals surface area contributed by atoms with Crippen LogP contribution in [0.15, 0.2) is 18.2 Å². The van der Waals surface area contributed by atoms with Crippen LogP contribution in [0.1, 0.15) is 56.7 Å². The van der Waals surface area contributed by atoms with Crippen LogP contribution in [0.5, 0.6) is 5.75 Å². The average molecular weight is 219 g/mol. The molecular weight excluding hydrogens is 198 g/mol. The van der Waals surface area contributed by atoms with Crippen molar-refractivity contribution in [1.29, 1.82) is 0 Å². The van der Waals surface area contributed by atoms with Crippen LogP contribution in [-0.2, 0) is 0 Å². The van der Waals surface area contributed by atoms with Crippen LogP contribution in [0.25, 0.3) is 0 Å². The van der Waals surface area contributed by atoms with Gasteiger partial charge in [-0.1, -0.05) is 13.0 Å². The zero-order chi connectivity index (χ0) is 11.7. The van der Waals surface area contributed by atoms with Crippen LogP contribution >= 0.6 is 0 Å². The van der Waals surface area contributed by atoms with Crippen LogP contribution in [0.3, 0.4) is 0 Å². The maximum Gasteiger partial charge on any atom is 0.120 e. The van der Waals surface area contributed by atoms with Gasteiger partial charge in [-0.15, -0.1) is 0 Å². The predicted molar refractivity (Wildman–Crippen MR) is 66.8 cm³/mol. The Balaban J connectivity index is 2.32. The summed E-state index contributed by atoms with van der Waals surface area (Å²) in [5.74, 6) is 1.57. The quantitative estimate of drug-likeness (QED) is 0.827. The number of benzene rings is 1. The van der Waals surface area contributed by atoms with Gasteiger partial charge in [0.2, 0.25) is 0 Å². The Hall–Kier alpha value is -1.02. The van der Waals surface area contributed by atoms with Crippen LogP contribution < -0.4 is 10.5 Å². The molecule has 1 aromatic carbocycles. The lowest BCUT2D eigenvalue weighted by molar-refractivity contribution is 0.242. The average Bonchev–Trinajstić information content (AvgIpc) is 2.23. The summed E-state index contributed by atoms with van der Waals surface area (Å²) in [6.07, 6.45) is 2.49. The van der Waals surface area contributed by atoms with Gasteiger partial charge in [0.25, 0.3) is 0 Å². The third kappa shape index (κ3) is 2.22. The van der Waals surface area contributed by atoms with Crippen LogP contribution in [-0.4, -0.2) is 6.10 Å². The zero-order valence-electron chi connectivity index (χ0n) is 10.4. The molecule has 2 heteroatoms. The van der Waals surface area contributed by atoms with E-state index in [1.165, 1.54) is 17.5 Å².